The smallest absolute Gasteiger partial charge is 0.406 e. The topological polar surface area (TPSA) is 92.7 Å². The monoisotopic (exact) mass is 430 g/mol. The third kappa shape index (κ3) is 5.21. The molecule has 1 aromatic carbocycles. The molecular weight excluding hydrogens is 413 g/mol. The molecule has 0 atom stereocenters. The van der Waals surface area contributed by atoms with Crippen molar-refractivity contribution in [2.45, 2.75) is 17.7 Å². The number of alkyl halides is 3. The molecule has 0 aliphatic carbocycles. The van der Waals surface area contributed by atoms with Gasteiger partial charge in [0.15, 0.2) is 0 Å². The molecule has 1 aromatic heterocycles. The molecule has 0 bridgehead atoms. The maximum absolute atomic E-state index is 12.8. The minimum Gasteiger partial charge on any atom is -0.406 e. The van der Waals surface area contributed by atoms with Crippen molar-refractivity contribution in [3.63, 3.8) is 0 Å². The van der Waals surface area contributed by atoms with Crippen LogP contribution in [0.4, 0.5) is 13.2 Å². The Morgan fingerprint density at radius 3 is 2.28 bits per heavy atom. The van der Waals surface area contributed by atoms with Crippen LogP contribution in [0, 0.1) is 0 Å². The second kappa shape index (κ2) is 8.33. The van der Waals surface area contributed by atoms with Gasteiger partial charge in [-0.2, -0.15) is 4.31 Å². The van der Waals surface area contributed by atoms with Crippen molar-refractivity contribution in [3.05, 3.63) is 48.5 Å². The van der Waals surface area contributed by atoms with Gasteiger partial charge in [-0.15, -0.1) is 13.2 Å². The zero-order valence-electron chi connectivity index (χ0n) is 15.0. The number of carbonyl (C=O) groups excluding carboxylic acids is 1. The molecule has 0 saturated carbocycles. The average molecular weight is 430 g/mol. The van der Waals surface area contributed by atoms with Crippen molar-refractivity contribution >= 4 is 15.9 Å². The molecule has 1 fully saturated rings. The van der Waals surface area contributed by atoms with E-state index in [1.807, 2.05) is 0 Å². The third-order valence-corrected chi connectivity index (χ3v) is 6.16. The van der Waals surface area contributed by atoms with Gasteiger partial charge in [-0.1, -0.05) is 0 Å². The number of halogens is 3. The summed E-state index contributed by atoms with van der Waals surface area (Å²) in [6, 6.07) is 4.02. The molecule has 1 saturated heterocycles. The van der Waals surface area contributed by atoms with Crippen molar-refractivity contribution < 1.29 is 31.1 Å². The fourth-order valence-corrected chi connectivity index (χ4v) is 4.36. The molecule has 0 spiro atoms. The molecule has 29 heavy (non-hydrogen) atoms. The molecule has 156 valence electrons. The average Bonchev–Trinajstić information content (AvgIpc) is 2.94. The normalized spacial score (nSPS) is 16.3. The highest BCUT2D eigenvalue weighted by atomic mass is 32.2. The van der Waals surface area contributed by atoms with E-state index in [4.69, 9.17) is 0 Å². The number of sulfonamides is 1. The van der Waals surface area contributed by atoms with Gasteiger partial charge in [-0.05, 0) is 30.7 Å². The van der Waals surface area contributed by atoms with Gasteiger partial charge in [0.05, 0.1) is 10.5 Å². The Bertz CT molecular complexity index is 953. The lowest BCUT2D eigenvalue weighted by Gasteiger charge is -2.22. The quantitative estimate of drug-likeness (QED) is 0.736. The summed E-state index contributed by atoms with van der Waals surface area (Å²) >= 11 is 0. The molecule has 3 rings (SSSR count). The highest BCUT2D eigenvalue weighted by molar-refractivity contribution is 7.89. The second-order valence-corrected chi connectivity index (χ2v) is 8.13. The Morgan fingerprint density at radius 1 is 1.00 bits per heavy atom. The van der Waals surface area contributed by atoms with Crippen LogP contribution >= 0.6 is 0 Å². The third-order valence-electron chi connectivity index (χ3n) is 4.24. The first-order chi connectivity index (χ1) is 13.7. The summed E-state index contributed by atoms with van der Waals surface area (Å²) in [4.78, 5) is 21.5. The molecular formula is C17H17F3N4O4S. The van der Waals surface area contributed by atoms with Crippen LogP contribution in [-0.2, 0) is 10.0 Å². The number of hydrogen-bond acceptors (Lipinski definition) is 6. The van der Waals surface area contributed by atoms with Crippen LogP contribution in [0.2, 0.25) is 0 Å². The zero-order chi connectivity index (χ0) is 21.1. The lowest BCUT2D eigenvalue weighted by atomic mass is 10.3. The van der Waals surface area contributed by atoms with Crippen molar-refractivity contribution in [3.8, 4) is 5.75 Å². The number of rotatable bonds is 4. The molecule has 0 N–H and O–H groups in total. The summed E-state index contributed by atoms with van der Waals surface area (Å²) < 4.78 is 67.4. The summed E-state index contributed by atoms with van der Waals surface area (Å²) in [5.41, 5.74) is 0.309. The van der Waals surface area contributed by atoms with E-state index in [0.717, 1.165) is 24.3 Å². The van der Waals surface area contributed by atoms with Gasteiger partial charge < -0.3 is 9.64 Å². The van der Waals surface area contributed by atoms with Gasteiger partial charge in [0, 0.05) is 38.6 Å². The maximum atomic E-state index is 12.8. The number of carbonyl (C=O) groups is 1. The van der Waals surface area contributed by atoms with Crippen molar-refractivity contribution in [2.75, 3.05) is 26.2 Å². The van der Waals surface area contributed by atoms with Gasteiger partial charge in [-0.3, -0.25) is 4.79 Å². The molecule has 0 unspecified atom stereocenters. The predicted octanol–water partition coefficient (Wildman–Crippen LogP) is 1.91. The second-order valence-electron chi connectivity index (χ2n) is 6.20. The lowest BCUT2D eigenvalue weighted by molar-refractivity contribution is -0.274. The van der Waals surface area contributed by atoms with E-state index in [1.165, 1.54) is 27.9 Å². The Balaban J connectivity index is 1.69. The molecule has 1 amide bonds. The van der Waals surface area contributed by atoms with E-state index < -0.39 is 22.1 Å². The van der Waals surface area contributed by atoms with E-state index in [0.29, 0.717) is 18.5 Å². The number of benzene rings is 1. The van der Waals surface area contributed by atoms with Crippen molar-refractivity contribution in [1.82, 2.24) is 19.2 Å². The largest absolute Gasteiger partial charge is 0.573 e. The predicted molar refractivity (Wildman–Crippen MR) is 94.4 cm³/mol. The summed E-state index contributed by atoms with van der Waals surface area (Å²) in [6.45, 7) is 0.765. The molecule has 12 heteroatoms. The van der Waals surface area contributed by atoms with Crippen molar-refractivity contribution in [2.24, 2.45) is 0 Å². The van der Waals surface area contributed by atoms with E-state index in [1.54, 1.807) is 0 Å². The Labute approximate surface area is 165 Å². The first-order valence-corrected chi connectivity index (χ1v) is 10.0. The van der Waals surface area contributed by atoms with Gasteiger partial charge >= 0.3 is 6.36 Å². The summed E-state index contributed by atoms with van der Waals surface area (Å²) in [5, 5.41) is 0. The first-order valence-electron chi connectivity index (χ1n) is 8.57. The number of ether oxygens (including phenoxy) is 1. The summed E-state index contributed by atoms with van der Waals surface area (Å²) in [7, 11) is -3.93. The number of amides is 1. The zero-order valence-corrected chi connectivity index (χ0v) is 15.9. The Morgan fingerprint density at radius 2 is 1.66 bits per heavy atom. The molecule has 0 radical (unpaired) electrons. The van der Waals surface area contributed by atoms with Crippen LogP contribution in [0.15, 0.2) is 47.9 Å². The summed E-state index contributed by atoms with van der Waals surface area (Å²) in [6.07, 6.45) is -0.365. The molecule has 2 aromatic rings. The number of nitrogens with zero attached hydrogens (tertiary/aromatic N) is 4. The highest BCUT2D eigenvalue weighted by Gasteiger charge is 2.32. The van der Waals surface area contributed by atoms with Crippen molar-refractivity contribution in [1.29, 1.82) is 0 Å². The maximum Gasteiger partial charge on any atom is 0.573 e. The van der Waals surface area contributed by atoms with Crippen LogP contribution in [0.3, 0.4) is 0 Å². The lowest BCUT2D eigenvalue weighted by Crippen LogP contribution is -2.37. The SMILES string of the molecule is O=C(c1cncnc1)N1CCCN(S(=O)(=O)c2ccc(OC(F)(F)F)cc2)CC1. The first kappa shape index (κ1) is 21.0. The van der Waals surface area contributed by atoms with E-state index in [2.05, 4.69) is 14.7 Å². The molecule has 8 nitrogen and oxygen atoms in total. The Hall–Kier alpha value is -2.73. The minimum atomic E-state index is -4.86. The van der Waals surface area contributed by atoms with E-state index >= 15 is 0 Å². The number of aromatic nitrogens is 2. The standard InChI is InChI=1S/C17H17F3N4O4S/c18-17(19,20)28-14-2-4-15(5-3-14)29(26,27)24-7-1-6-23(8-9-24)16(25)13-10-21-12-22-11-13/h2-5,10-12H,1,6-9H2. The van der Waals surface area contributed by atoms with E-state index in [-0.39, 0.29) is 30.4 Å². The van der Waals surface area contributed by atoms with Crippen LogP contribution in [-0.4, -0.2) is 66.0 Å². The van der Waals surface area contributed by atoms with Gasteiger partial charge in [-0.25, -0.2) is 18.4 Å². The minimum absolute atomic E-state index is 0.0581. The highest BCUT2D eigenvalue weighted by Crippen LogP contribution is 2.25. The van der Waals surface area contributed by atoms with Crippen LogP contribution in [0.5, 0.6) is 5.75 Å². The molecule has 2 heterocycles. The molecule has 1 aliphatic heterocycles. The fourth-order valence-electron chi connectivity index (χ4n) is 2.89. The van der Waals surface area contributed by atoms with E-state index in [9.17, 15) is 26.4 Å². The van der Waals surface area contributed by atoms with Gasteiger partial charge in [0.2, 0.25) is 10.0 Å². The van der Waals surface area contributed by atoms with Gasteiger partial charge in [0.25, 0.3) is 5.91 Å². The van der Waals surface area contributed by atoms with Crippen LogP contribution in [0.25, 0.3) is 0 Å². The Kier molecular flexibility index (Phi) is 6.03. The van der Waals surface area contributed by atoms with Crippen LogP contribution in [0.1, 0.15) is 16.8 Å². The molecule has 1 aliphatic rings. The fraction of sp³-hybridized carbons (Fsp3) is 0.353. The summed E-state index contributed by atoms with van der Waals surface area (Å²) in [5.74, 6) is -0.798. The number of hydrogen-bond donors (Lipinski definition) is 0. The van der Waals surface area contributed by atoms with Gasteiger partial charge in [0.1, 0.15) is 12.1 Å². The van der Waals surface area contributed by atoms with Crippen LogP contribution < -0.4 is 4.74 Å².